The molecule has 0 saturated carbocycles. The van der Waals surface area contributed by atoms with E-state index in [0.29, 0.717) is 6.42 Å². The molecule has 0 aromatic carbocycles. The van der Waals surface area contributed by atoms with E-state index in [1.54, 1.807) is 0 Å². The summed E-state index contributed by atoms with van der Waals surface area (Å²) in [5.41, 5.74) is 0.221. The van der Waals surface area contributed by atoms with Crippen LogP contribution in [-0.2, 0) is 4.79 Å². The SMILES string of the molecule is CC.CCCN(C)C(=O)CCNC1(C)CN(C)C1. The standard InChI is InChI=1S/C12H25N3O.C2H6/c1-5-8-15(4)11(16)6-7-13-12(2)9-14(3)10-12;1-2/h13H,5-10H2,1-4H3;1-2H3. The Morgan fingerprint density at radius 2 is 1.94 bits per heavy atom. The van der Waals surface area contributed by atoms with Crippen molar-refractivity contribution in [3.05, 3.63) is 0 Å². The summed E-state index contributed by atoms with van der Waals surface area (Å²) < 4.78 is 0. The molecule has 1 saturated heterocycles. The van der Waals surface area contributed by atoms with Crippen LogP contribution in [0.25, 0.3) is 0 Å². The Kier molecular flexibility index (Phi) is 8.20. The van der Waals surface area contributed by atoms with Gasteiger partial charge >= 0.3 is 0 Å². The molecular weight excluding hydrogens is 226 g/mol. The average molecular weight is 257 g/mol. The van der Waals surface area contributed by atoms with Crippen LogP contribution < -0.4 is 5.32 Å². The molecule has 0 bridgehead atoms. The van der Waals surface area contributed by atoms with Gasteiger partial charge in [0, 0.05) is 45.2 Å². The molecule has 1 rings (SSSR count). The van der Waals surface area contributed by atoms with Gasteiger partial charge in [0.05, 0.1) is 0 Å². The number of hydrogen-bond donors (Lipinski definition) is 1. The van der Waals surface area contributed by atoms with Gasteiger partial charge in [-0.1, -0.05) is 20.8 Å². The van der Waals surface area contributed by atoms with Gasteiger partial charge in [-0.05, 0) is 20.4 Å². The second kappa shape index (κ2) is 8.48. The van der Waals surface area contributed by atoms with Gasteiger partial charge in [0.1, 0.15) is 0 Å². The Morgan fingerprint density at radius 3 is 2.39 bits per heavy atom. The van der Waals surface area contributed by atoms with Gasteiger partial charge in [-0.3, -0.25) is 4.79 Å². The third-order valence-corrected chi connectivity index (χ3v) is 3.11. The molecule has 1 amide bonds. The van der Waals surface area contributed by atoms with Crippen LogP contribution in [0.5, 0.6) is 0 Å². The molecule has 0 aromatic heterocycles. The van der Waals surface area contributed by atoms with Crippen molar-refractivity contribution >= 4 is 5.91 Å². The smallest absolute Gasteiger partial charge is 0.223 e. The summed E-state index contributed by atoms with van der Waals surface area (Å²) in [4.78, 5) is 15.8. The molecule has 0 aliphatic carbocycles. The third-order valence-electron chi connectivity index (χ3n) is 3.11. The first-order valence-corrected chi connectivity index (χ1v) is 7.14. The van der Waals surface area contributed by atoms with E-state index >= 15 is 0 Å². The highest BCUT2D eigenvalue weighted by Gasteiger charge is 2.35. The Hall–Kier alpha value is -0.610. The lowest BCUT2D eigenvalue weighted by molar-refractivity contribution is -0.129. The van der Waals surface area contributed by atoms with Crippen molar-refractivity contribution in [1.29, 1.82) is 0 Å². The average Bonchev–Trinajstić information content (AvgIpc) is 2.30. The summed E-state index contributed by atoms with van der Waals surface area (Å²) >= 11 is 0. The van der Waals surface area contributed by atoms with E-state index in [9.17, 15) is 4.79 Å². The minimum Gasteiger partial charge on any atom is -0.346 e. The lowest BCUT2D eigenvalue weighted by Gasteiger charge is -2.47. The van der Waals surface area contributed by atoms with Gasteiger partial charge in [0.25, 0.3) is 0 Å². The zero-order chi connectivity index (χ0) is 14.2. The summed E-state index contributed by atoms with van der Waals surface area (Å²) in [5, 5.41) is 3.46. The Morgan fingerprint density at radius 1 is 1.39 bits per heavy atom. The molecule has 0 spiro atoms. The highest BCUT2D eigenvalue weighted by Crippen LogP contribution is 2.17. The lowest BCUT2D eigenvalue weighted by Crippen LogP contribution is -2.66. The van der Waals surface area contributed by atoms with Crippen molar-refractivity contribution in [2.24, 2.45) is 0 Å². The van der Waals surface area contributed by atoms with Crippen molar-refractivity contribution in [3.8, 4) is 0 Å². The van der Waals surface area contributed by atoms with Crippen LogP contribution in [0.4, 0.5) is 0 Å². The molecule has 18 heavy (non-hydrogen) atoms. The quantitative estimate of drug-likeness (QED) is 0.784. The van der Waals surface area contributed by atoms with Crippen LogP contribution in [0.3, 0.4) is 0 Å². The third kappa shape index (κ3) is 5.83. The van der Waals surface area contributed by atoms with Crippen molar-refractivity contribution in [2.75, 3.05) is 40.3 Å². The first-order chi connectivity index (χ1) is 8.47. The van der Waals surface area contributed by atoms with E-state index in [2.05, 4.69) is 31.1 Å². The van der Waals surface area contributed by atoms with E-state index in [1.165, 1.54) is 0 Å². The molecule has 0 atom stereocenters. The molecule has 4 heteroatoms. The topological polar surface area (TPSA) is 35.6 Å². The number of likely N-dealkylation sites (N-methyl/N-ethyl adjacent to an activating group) is 1. The van der Waals surface area contributed by atoms with Gasteiger partial charge in [-0.2, -0.15) is 0 Å². The summed E-state index contributed by atoms with van der Waals surface area (Å²) in [7, 11) is 3.99. The van der Waals surface area contributed by atoms with Gasteiger partial charge in [0.2, 0.25) is 5.91 Å². The van der Waals surface area contributed by atoms with E-state index < -0.39 is 0 Å². The number of likely N-dealkylation sites (tertiary alicyclic amines) is 1. The van der Waals surface area contributed by atoms with Crippen molar-refractivity contribution in [2.45, 2.75) is 46.1 Å². The van der Waals surface area contributed by atoms with Crippen LogP contribution in [0.15, 0.2) is 0 Å². The number of carbonyl (C=O) groups is 1. The number of hydrogen-bond acceptors (Lipinski definition) is 3. The highest BCUT2D eigenvalue weighted by molar-refractivity contribution is 5.76. The number of nitrogens with one attached hydrogen (secondary N) is 1. The fourth-order valence-corrected chi connectivity index (χ4v) is 2.38. The van der Waals surface area contributed by atoms with E-state index in [0.717, 1.165) is 32.6 Å². The maximum atomic E-state index is 11.7. The van der Waals surface area contributed by atoms with E-state index in [1.807, 2.05) is 25.8 Å². The van der Waals surface area contributed by atoms with Gasteiger partial charge < -0.3 is 15.1 Å². The molecule has 1 heterocycles. The molecule has 0 aromatic rings. The number of carbonyl (C=O) groups excluding carboxylic acids is 1. The molecular formula is C14H31N3O. The predicted octanol–water partition coefficient (Wildman–Crippen LogP) is 1.56. The van der Waals surface area contributed by atoms with Crippen molar-refractivity contribution < 1.29 is 4.79 Å². The highest BCUT2D eigenvalue weighted by atomic mass is 16.2. The molecule has 4 nitrogen and oxygen atoms in total. The van der Waals surface area contributed by atoms with Gasteiger partial charge in [-0.25, -0.2) is 0 Å². The Bertz CT molecular complexity index is 237. The fourth-order valence-electron chi connectivity index (χ4n) is 2.38. The minimum atomic E-state index is 0.221. The molecule has 1 fully saturated rings. The van der Waals surface area contributed by atoms with Crippen LogP contribution in [-0.4, -0.2) is 61.5 Å². The maximum absolute atomic E-state index is 11.7. The predicted molar refractivity (Wildman–Crippen MR) is 77.8 cm³/mol. The summed E-state index contributed by atoms with van der Waals surface area (Å²) in [6, 6.07) is 0. The van der Waals surface area contributed by atoms with Gasteiger partial charge in [0.15, 0.2) is 0 Å². The van der Waals surface area contributed by atoms with E-state index in [4.69, 9.17) is 0 Å². The maximum Gasteiger partial charge on any atom is 0.223 e. The summed E-state index contributed by atoms with van der Waals surface area (Å²) in [6.07, 6.45) is 1.63. The molecule has 1 N–H and O–H groups in total. The zero-order valence-corrected chi connectivity index (χ0v) is 13.0. The Labute approximate surface area is 113 Å². The monoisotopic (exact) mass is 257 g/mol. The van der Waals surface area contributed by atoms with Gasteiger partial charge in [-0.15, -0.1) is 0 Å². The zero-order valence-electron chi connectivity index (χ0n) is 13.0. The first kappa shape index (κ1) is 17.4. The summed E-state index contributed by atoms with van der Waals surface area (Å²) in [6.45, 7) is 12.1. The van der Waals surface area contributed by atoms with Crippen LogP contribution in [0.2, 0.25) is 0 Å². The normalized spacial score (nSPS) is 17.4. The molecule has 108 valence electrons. The van der Waals surface area contributed by atoms with Crippen molar-refractivity contribution in [3.63, 3.8) is 0 Å². The molecule has 0 radical (unpaired) electrons. The molecule has 1 aliphatic heterocycles. The largest absolute Gasteiger partial charge is 0.346 e. The molecule has 0 unspecified atom stereocenters. The minimum absolute atomic E-state index is 0.221. The van der Waals surface area contributed by atoms with Crippen LogP contribution in [0, 0.1) is 0 Å². The fraction of sp³-hybridized carbons (Fsp3) is 0.929. The van der Waals surface area contributed by atoms with Crippen LogP contribution in [0.1, 0.15) is 40.5 Å². The number of rotatable bonds is 6. The molecule has 1 aliphatic rings. The van der Waals surface area contributed by atoms with E-state index in [-0.39, 0.29) is 11.4 Å². The summed E-state index contributed by atoms with van der Waals surface area (Å²) in [5.74, 6) is 0.241. The second-order valence-corrected chi connectivity index (χ2v) is 5.23. The lowest BCUT2D eigenvalue weighted by atomic mass is 9.93. The number of amides is 1. The number of nitrogens with zero attached hydrogens (tertiary/aromatic N) is 2. The first-order valence-electron chi connectivity index (χ1n) is 7.14. The Balaban J connectivity index is 0.00000137. The van der Waals surface area contributed by atoms with Crippen LogP contribution >= 0.6 is 0 Å². The van der Waals surface area contributed by atoms with Crippen molar-refractivity contribution in [1.82, 2.24) is 15.1 Å². The second-order valence-electron chi connectivity index (χ2n) is 5.23.